The van der Waals surface area contributed by atoms with Gasteiger partial charge in [-0.1, -0.05) is 120 Å². The van der Waals surface area contributed by atoms with Gasteiger partial charge in [0.2, 0.25) is 0 Å². The van der Waals surface area contributed by atoms with Gasteiger partial charge in [0.1, 0.15) is 17.8 Å². The van der Waals surface area contributed by atoms with Gasteiger partial charge in [0, 0.05) is 12.3 Å². The lowest BCUT2D eigenvalue weighted by molar-refractivity contribution is -0.491. The van der Waals surface area contributed by atoms with E-state index < -0.39 is 78.9 Å². The monoisotopic (exact) mass is 812 g/mol. The van der Waals surface area contributed by atoms with Gasteiger partial charge in [0.05, 0.1) is 17.9 Å². The second kappa shape index (κ2) is 13.7. The largest absolute Gasteiger partial charge is 0.457 e. The number of hydrogen-bond donors (Lipinski definition) is 0. The van der Waals surface area contributed by atoms with Crippen LogP contribution in [0.1, 0.15) is 91.4 Å². The Bertz CT molecular complexity index is 1940. The van der Waals surface area contributed by atoms with E-state index >= 15 is 4.79 Å². The first-order valence-electron chi connectivity index (χ1n) is 21.5. The average Bonchev–Trinajstić information content (AvgIpc) is 3.86. The number of ether oxygens (including phenoxy) is 6. The smallest absolute Gasteiger partial charge is 0.318 e. The molecule has 0 radical (unpaired) electrons. The number of fused-ring (bicyclic) bond motifs is 2. The molecule has 10 nitrogen and oxygen atoms in total. The van der Waals surface area contributed by atoms with Gasteiger partial charge < -0.3 is 32.9 Å². The third-order valence-corrected chi connectivity index (χ3v) is 16.1. The van der Waals surface area contributed by atoms with E-state index in [1.165, 1.54) is 6.92 Å². The Balaban J connectivity index is 1.19. The van der Waals surface area contributed by atoms with E-state index in [1.807, 2.05) is 73.8 Å². The van der Waals surface area contributed by atoms with Crippen LogP contribution in [0.25, 0.3) is 0 Å². The Morgan fingerprint density at radius 2 is 1.60 bits per heavy atom. The molecule has 2 aromatic rings. The molecule has 312 valence electrons. The molecule has 0 spiro atoms. The molecule has 10 rings (SSSR count). The Kier molecular flexibility index (Phi) is 9.47. The van der Waals surface area contributed by atoms with E-state index in [0.717, 1.165) is 35.8 Å². The van der Waals surface area contributed by atoms with Gasteiger partial charge in [-0.05, 0) is 78.5 Å². The summed E-state index contributed by atoms with van der Waals surface area (Å²) < 4.78 is 47.3. The standard InChI is InChI=1S/C47H60O10Si/c1-27(2)35-22-32-23-43(25-48)34-21-20-28(3)33(34)24-44(32,45(35,43)41(50)53-36(30-16-12-10-13-17-30)31-18-14-11-15-19-31)26-51-46-39(42(5,6)7)37-38(52-29(4)49)40(55-46)47(54-37,56-46)57-58(8)9/h10-19,22,25,27-28,32-34,36-40,58H,20-21,23-24,26H2,1-9H3. The van der Waals surface area contributed by atoms with Crippen LogP contribution in [-0.4, -0.2) is 64.1 Å². The second-order valence-corrected chi connectivity index (χ2v) is 22.4. The summed E-state index contributed by atoms with van der Waals surface area (Å²) in [5, 5.41) is 0. The molecule has 4 saturated heterocycles. The predicted octanol–water partition coefficient (Wildman–Crippen LogP) is 7.91. The maximum Gasteiger partial charge on any atom is 0.318 e. The quantitative estimate of drug-likeness (QED) is 0.0907. The van der Waals surface area contributed by atoms with Crippen molar-refractivity contribution in [1.82, 2.24) is 0 Å². The molecule has 0 aromatic heterocycles. The second-order valence-electron chi connectivity index (χ2n) is 20.1. The van der Waals surface area contributed by atoms with E-state index in [0.29, 0.717) is 18.8 Å². The minimum Gasteiger partial charge on any atom is -0.457 e. The summed E-state index contributed by atoms with van der Waals surface area (Å²) in [6.45, 7) is 18.3. The highest BCUT2D eigenvalue weighted by atomic mass is 28.3. The highest BCUT2D eigenvalue weighted by Crippen LogP contribution is 2.83. The highest BCUT2D eigenvalue weighted by Gasteiger charge is 2.86. The number of rotatable bonds is 12. The van der Waals surface area contributed by atoms with Crippen LogP contribution in [0.4, 0.5) is 0 Å². The molecule has 4 aliphatic heterocycles. The minimum atomic E-state index is -1.82. The molecule has 7 fully saturated rings. The molecule has 4 aliphatic carbocycles. The fourth-order valence-electron chi connectivity index (χ4n) is 13.5. The summed E-state index contributed by atoms with van der Waals surface area (Å²) in [6.07, 6.45) is 3.60. The van der Waals surface area contributed by atoms with Crippen molar-refractivity contribution in [3.63, 3.8) is 0 Å². The van der Waals surface area contributed by atoms with Gasteiger partial charge in [-0.25, -0.2) is 0 Å². The summed E-state index contributed by atoms with van der Waals surface area (Å²) in [5.74, 6) is -4.20. The Morgan fingerprint density at radius 1 is 0.948 bits per heavy atom. The van der Waals surface area contributed by atoms with Crippen molar-refractivity contribution in [3.8, 4) is 0 Å². The average molecular weight is 813 g/mol. The van der Waals surface area contributed by atoms with Gasteiger partial charge in [-0.15, -0.1) is 0 Å². The van der Waals surface area contributed by atoms with Gasteiger partial charge in [0.15, 0.2) is 27.4 Å². The normalized spacial score (nSPS) is 41.7. The van der Waals surface area contributed by atoms with Crippen LogP contribution in [0.2, 0.25) is 13.1 Å². The lowest BCUT2D eigenvalue weighted by atomic mass is 9.43. The lowest BCUT2D eigenvalue weighted by Crippen LogP contribution is -2.66. The molecule has 8 bridgehead atoms. The van der Waals surface area contributed by atoms with Crippen molar-refractivity contribution in [2.24, 2.45) is 57.2 Å². The number of aldehydes is 1. The van der Waals surface area contributed by atoms with E-state index in [-0.39, 0.29) is 36.2 Å². The SMILES string of the molecule is CC(=O)OC1C2OC3(O[SiH](C)C)OC(OCC45CC6C(C)CCC6C6(C=O)CC4C=C(C(C)C)C65C(=O)OC(c4ccccc4)c4ccccc4)(OC13)C2C(C)(C)C. The summed E-state index contributed by atoms with van der Waals surface area (Å²) >= 11 is 0. The molecular formula is C47H60O10Si. The molecule has 3 saturated carbocycles. The van der Waals surface area contributed by atoms with Crippen LogP contribution in [-0.2, 0) is 47.2 Å². The van der Waals surface area contributed by atoms with E-state index in [2.05, 4.69) is 47.6 Å². The van der Waals surface area contributed by atoms with Crippen LogP contribution in [0.5, 0.6) is 0 Å². The Hall–Kier alpha value is -3.19. The van der Waals surface area contributed by atoms with Crippen molar-refractivity contribution in [1.29, 1.82) is 0 Å². The van der Waals surface area contributed by atoms with E-state index in [9.17, 15) is 9.59 Å². The number of benzene rings is 2. The zero-order chi connectivity index (χ0) is 41.2. The topological polar surface area (TPSA) is 116 Å². The first kappa shape index (κ1) is 40.2. The van der Waals surface area contributed by atoms with Crippen molar-refractivity contribution in [3.05, 3.63) is 83.4 Å². The van der Waals surface area contributed by atoms with E-state index in [4.69, 9.17) is 32.8 Å². The fourth-order valence-corrected chi connectivity index (χ4v) is 14.4. The number of hydrogen-bond acceptors (Lipinski definition) is 10. The number of carbonyl (C=O) groups is 3. The van der Waals surface area contributed by atoms with Gasteiger partial charge >= 0.3 is 17.9 Å². The predicted molar refractivity (Wildman–Crippen MR) is 216 cm³/mol. The van der Waals surface area contributed by atoms with Crippen LogP contribution in [0.3, 0.4) is 0 Å². The number of allylic oxidation sites excluding steroid dienone is 1. The molecule has 0 N–H and O–H groups in total. The number of esters is 2. The van der Waals surface area contributed by atoms with Crippen molar-refractivity contribution >= 4 is 27.3 Å². The molecule has 4 heterocycles. The van der Waals surface area contributed by atoms with Crippen molar-refractivity contribution < 1.29 is 47.2 Å². The summed E-state index contributed by atoms with van der Waals surface area (Å²) in [5.41, 5.74) is -1.00. The number of carbonyl (C=O) groups excluding carboxylic acids is 3. The third-order valence-electron chi connectivity index (χ3n) is 15.3. The summed E-state index contributed by atoms with van der Waals surface area (Å²) in [4.78, 5) is 43.0. The molecule has 8 aliphatic rings. The molecule has 0 amide bonds. The molecule has 13 unspecified atom stereocenters. The molecule has 11 heteroatoms. The van der Waals surface area contributed by atoms with Crippen molar-refractivity contribution in [2.75, 3.05) is 6.61 Å². The summed E-state index contributed by atoms with van der Waals surface area (Å²) in [7, 11) is -1.82. The first-order chi connectivity index (χ1) is 27.5. The lowest BCUT2D eigenvalue weighted by Gasteiger charge is -2.59. The maximum atomic E-state index is 16.1. The highest BCUT2D eigenvalue weighted by molar-refractivity contribution is 6.48. The molecule has 2 aromatic carbocycles. The molecule has 13 atom stereocenters. The fraction of sp³-hybridized carbons (Fsp3) is 0.638. The Morgan fingerprint density at radius 3 is 2.17 bits per heavy atom. The van der Waals surface area contributed by atoms with Gasteiger partial charge in [-0.2, -0.15) is 0 Å². The molecular weight excluding hydrogens is 753 g/mol. The van der Waals surface area contributed by atoms with Crippen LogP contribution in [0, 0.1) is 57.2 Å². The first-order valence-corrected chi connectivity index (χ1v) is 24.3. The summed E-state index contributed by atoms with van der Waals surface area (Å²) in [6, 6.07) is 19.7. The maximum absolute atomic E-state index is 16.1. The van der Waals surface area contributed by atoms with E-state index in [1.54, 1.807) is 0 Å². The van der Waals surface area contributed by atoms with Crippen LogP contribution in [0.15, 0.2) is 72.3 Å². The van der Waals surface area contributed by atoms with Crippen LogP contribution >= 0.6 is 0 Å². The van der Waals surface area contributed by atoms with Crippen molar-refractivity contribution in [2.45, 2.75) is 124 Å². The van der Waals surface area contributed by atoms with Gasteiger partial charge in [-0.3, -0.25) is 14.3 Å². The Labute approximate surface area is 344 Å². The zero-order valence-corrected chi connectivity index (χ0v) is 36.6. The van der Waals surface area contributed by atoms with Crippen LogP contribution < -0.4 is 0 Å². The van der Waals surface area contributed by atoms with Gasteiger partial charge in [0.25, 0.3) is 5.97 Å². The minimum absolute atomic E-state index is 0.0248. The molecule has 58 heavy (non-hydrogen) atoms. The third kappa shape index (κ3) is 5.35. The zero-order valence-electron chi connectivity index (χ0n) is 35.4.